The Morgan fingerprint density at radius 1 is 1.21 bits per heavy atom. The van der Waals surface area contributed by atoms with Crippen LogP contribution in [0.15, 0.2) is 42.5 Å². The first-order valence-corrected chi connectivity index (χ1v) is 11.7. The predicted octanol–water partition coefficient (Wildman–Crippen LogP) is 3.74. The summed E-state index contributed by atoms with van der Waals surface area (Å²) in [7, 11) is 0. The summed E-state index contributed by atoms with van der Waals surface area (Å²) in [6.07, 6.45) is 3.08. The summed E-state index contributed by atoms with van der Waals surface area (Å²) in [5.41, 5.74) is -0.410. The summed E-state index contributed by atoms with van der Waals surface area (Å²) in [6.45, 7) is 4.76. The second-order valence-electron chi connectivity index (χ2n) is 9.27. The summed E-state index contributed by atoms with van der Waals surface area (Å²) in [4.78, 5) is 14.2. The minimum atomic E-state index is -1.11. The summed E-state index contributed by atoms with van der Waals surface area (Å²) in [6, 6.07) is 12.1. The highest BCUT2D eigenvalue weighted by molar-refractivity contribution is 5.89. The number of hydrogen-bond acceptors (Lipinski definition) is 7. The van der Waals surface area contributed by atoms with E-state index in [-0.39, 0.29) is 24.7 Å². The molecule has 3 N–H and O–H groups in total. The van der Waals surface area contributed by atoms with Crippen LogP contribution in [0.25, 0.3) is 0 Å². The number of phenolic OH excluding ortho intramolecular Hbond substituents is 2. The second kappa shape index (κ2) is 9.33. The number of hydrogen-bond donors (Lipinski definition) is 3. The van der Waals surface area contributed by atoms with E-state index in [1.165, 1.54) is 0 Å². The fourth-order valence-electron chi connectivity index (χ4n) is 5.02. The number of unbranched alkanes of at least 4 members (excludes halogenated alkanes) is 1. The number of nitrogens with zero attached hydrogens (tertiary/aromatic N) is 1. The summed E-state index contributed by atoms with van der Waals surface area (Å²) >= 11 is 0. The maximum Gasteiger partial charge on any atom is 0.338 e. The number of esters is 1. The molecule has 7 nitrogen and oxygen atoms in total. The van der Waals surface area contributed by atoms with Gasteiger partial charge in [-0.2, -0.15) is 0 Å². The lowest BCUT2D eigenvalue weighted by atomic mass is 9.89. The van der Waals surface area contributed by atoms with Gasteiger partial charge in [0.15, 0.2) is 0 Å². The molecule has 178 valence electrons. The van der Waals surface area contributed by atoms with Crippen LogP contribution in [0.1, 0.15) is 61.0 Å². The molecule has 0 bridgehead atoms. The van der Waals surface area contributed by atoms with E-state index in [0.29, 0.717) is 30.5 Å². The summed E-state index contributed by atoms with van der Waals surface area (Å²) in [5.74, 6) is -0.295. The van der Waals surface area contributed by atoms with Crippen LogP contribution in [-0.4, -0.2) is 56.8 Å². The quantitative estimate of drug-likeness (QED) is 0.522. The van der Waals surface area contributed by atoms with Gasteiger partial charge in [-0.05, 0) is 49.9 Å². The maximum atomic E-state index is 12.3. The van der Waals surface area contributed by atoms with Crippen LogP contribution in [0.5, 0.6) is 11.5 Å². The number of phenols is 2. The topological polar surface area (TPSA) is 99.5 Å². The molecule has 2 heterocycles. The molecule has 0 saturated carbocycles. The van der Waals surface area contributed by atoms with Crippen molar-refractivity contribution < 1.29 is 29.6 Å². The molecule has 4 rings (SSSR count). The zero-order valence-corrected chi connectivity index (χ0v) is 19.3. The molecule has 33 heavy (non-hydrogen) atoms. The minimum Gasteiger partial charge on any atom is -0.507 e. The first kappa shape index (κ1) is 23.5. The first-order chi connectivity index (χ1) is 15.8. The average Bonchev–Trinajstić information content (AvgIpc) is 3.20. The Morgan fingerprint density at radius 3 is 2.70 bits per heavy atom. The number of rotatable bonds is 8. The van der Waals surface area contributed by atoms with Gasteiger partial charge in [-0.3, -0.25) is 4.90 Å². The molecule has 2 aliphatic heterocycles. The van der Waals surface area contributed by atoms with Crippen LogP contribution < -0.4 is 0 Å². The Bertz CT molecular complexity index is 996. The molecule has 0 amide bonds. The van der Waals surface area contributed by atoms with Crippen LogP contribution in [0.2, 0.25) is 0 Å². The van der Waals surface area contributed by atoms with Crippen molar-refractivity contribution in [3.63, 3.8) is 0 Å². The molecule has 3 atom stereocenters. The minimum absolute atomic E-state index is 0.0260. The summed E-state index contributed by atoms with van der Waals surface area (Å²) < 4.78 is 11.7. The van der Waals surface area contributed by atoms with Crippen molar-refractivity contribution in [1.82, 2.24) is 4.90 Å². The van der Waals surface area contributed by atoms with Crippen LogP contribution in [0.3, 0.4) is 0 Å². The van der Waals surface area contributed by atoms with Gasteiger partial charge in [0.1, 0.15) is 29.4 Å². The van der Waals surface area contributed by atoms with Gasteiger partial charge in [-0.25, -0.2) is 4.79 Å². The third-order valence-electron chi connectivity index (χ3n) is 7.12. The fraction of sp³-hybridized carbons (Fsp3) is 0.500. The number of benzene rings is 2. The van der Waals surface area contributed by atoms with Crippen LogP contribution in [0, 0.1) is 0 Å². The van der Waals surface area contributed by atoms with Gasteiger partial charge in [0.05, 0.1) is 17.2 Å². The number of carbonyl (C=O) groups excluding carboxylic acids is 1. The van der Waals surface area contributed by atoms with E-state index in [1.807, 2.05) is 17.9 Å². The van der Waals surface area contributed by atoms with Gasteiger partial charge in [-0.1, -0.05) is 37.6 Å². The van der Waals surface area contributed by atoms with Crippen LogP contribution >= 0.6 is 0 Å². The zero-order valence-electron chi connectivity index (χ0n) is 19.3. The molecule has 7 heteroatoms. The Labute approximate surface area is 194 Å². The number of carbonyl (C=O) groups is 1. The predicted molar refractivity (Wildman–Crippen MR) is 123 cm³/mol. The van der Waals surface area contributed by atoms with Crippen molar-refractivity contribution in [2.45, 2.75) is 69.9 Å². The molecule has 0 unspecified atom stereocenters. The van der Waals surface area contributed by atoms with E-state index < -0.39 is 23.4 Å². The number of aliphatic hydroxyl groups is 1. The number of aryl methyl sites for hydroxylation is 1. The highest BCUT2D eigenvalue weighted by Crippen LogP contribution is 2.50. The van der Waals surface area contributed by atoms with Gasteiger partial charge >= 0.3 is 5.97 Å². The van der Waals surface area contributed by atoms with Crippen molar-refractivity contribution in [2.24, 2.45) is 0 Å². The van der Waals surface area contributed by atoms with E-state index in [2.05, 4.69) is 6.92 Å². The molecular formula is C26H33NO6. The van der Waals surface area contributed by atoms with Crippen molar-refractivity contribution >= 4 is 5.97 Å². The number of fused-ring (bicyclic) bond motifs is 1. The molecule has 0 spiro atoms. The average molecular weight is 456 g/mol. The maximum absolute atomic E-state index is 12.3. The smallest absolute Gasteiger partial charge is 0.338 e. The SMILES string of the molecule is CCCCc1ccc(O)c(CN2CC[C@]3(O)C[C@@H](COC(=O)c4ccccc4)O[C@]23C)c1O. The van der Waals surface area contributed by atoms with Gasteiger partial charge in [0, 0.05) is 19.5 Å². The fourth-order valence-corrected chi connectivity index (χ4v) is 5.02. The standard InChI is InChI=1S/C26H33NO6/c1-3-4-8-18-11-12-22(28)21(23(18)29)16-27-14-13-26(31)15-20(33-25(26,27)2)17-32-24(30)19-9-6-5-7-10-19/h5-7,9-12,20,28-29,31H,3-4,8,13-17H2,1-2H3/t20-,25-,26-/m0/s1. The van der Waals surface area contributed by atoms with E-state index in [0.717, 1.165) is 24.8 Å². The van der Waals surface area contributed by atoms with Crippen molar-refractivity contribution in [1.29, 1.82) is 0 Å². The third kappa shape index (κ3) is 4.45. The zero-order chi connectivity index (χ0) is 23.6. The lowest BCUT2D eigenvalue weighted by Crippen LogP contribution is -2.52. The Kier molecular flexibility index (Phi) is 6.66. The van der Waals surface area contributed by atoms with Crippen molar-refractivity contribution in [2.75, 3.05) is 13.2 Å². The van der Waals surface area contributed by atoms with Gasteiger partial charge in [-0.15, -0.1) is 0 Å². The monoisotopic (exact) mass is 455 g/mol. The highest BCUT2D eigenvalue weighted by Gasteiger charge is 2.63. The van der Waals surface area contributed by atoms with Crippen molar-refractivity contribution in [3.05, 3.63) is 59.2 Å². The first-order valence-electron chi connectivity index (χ1n) is 11.7. The van der Waals surface area contributed by atoms with Gasteiger partial charge in [0.25, 0.3) is 0 Å². The molecule has 0 radical (unpaired) electrons. The van der Waals surface area contributed by atoms with E-state index >= 15 is 0 Å². The number of aromatic hydroxyl groups is 2. The molecule has 2 aliphatic rings. The molecule has 0 aliphatic carbocycles. The number of ether oxygens (including phenoxy) is 2. The lowest BCUT2D eigenvalue weighted by molar-refractivity contribution is -0.180. The Morgan fingerprint density at radius 2 is 1.97 bits per heavy atom. The highest BCUT2D eigenvalue weighted by atomic mass is 16.6. The molecule has 0 aromatic heterocycles. The molecule has 2 saturated heterocycles. The van der Waals surface area contributed by atoms with Crippen LogP contribution in [0.4, 0.5) is 0 Å². The summed E-state index contributed by atoms with van der Waals surface area (Å²) in [5, 5.41) is 32.6. The molecule has 2 fully saturated rings. The molecule has 2 aromatic rings. The Hall–Kier alpha value is -2.61. The molecular weight excluding hydrogens is 422 g/mol. The second-order valence-corrected chi connectivity index (χ2v) is 9.27. The normalized spacial score (nSPS) is 26.9. The van der Waals surface area contributed by atoms with Gasteiger partial charge < -0.3 is 24.8 Å². The van der Waals surface area contributed by atoms with Crippen molar-refractivity contribution in [3.8, 4) is 11.5 Å². The Balaban J connectivity index is 1.46. The van der Waals surface area contributed by atoms with E-state index in [4.69, 9.17) is 9.47 Å². The third-order valence-corrected chi connectivity index (χ3v) is 7.12. The van der Waals surface area contributed by atoms with E-state index in [9.17, 15) is 20.1 Å². The largest absolute Gasteiger partial charge is 0.507 e. The molecule has 2 aromatic carbocycles. The van der Waals surface area contributed by atoms with E-state index in [1.54, 1.807) is 36.4 Å². The van der Waals surface area contributed by atoms with Crippen LogP contribution in [-0.2, 0) is 22.4 Å². The number of likely N-dealkylation sites (tertiary alicyclic amines) is 1. The lowest BCUT2D eigenvalue weighted by Gasteiger charge is -2.38. The van der Waals surface area contributed by atoms with Gasteiger partial charge in [0.2, 0.25) is 0 Å².